The van der Waals surface area contributed by atoms with Gasteiger partial charge in [0.1, 0.15) is 5.75 Å². The molecule has 2 rings (SSSR count). The summed E-state index contributed by atoms with van der Waals surface area (Å²) in [6.07, 6.45) is 0.894. The van der Waals surface area contributed by atoms with Gasteiger partial charge >= 0.3 is 0 Å². The van der Waals surface area contributed by atoms with Crippen LogP contribution in [0.5, 0.6) is 17.2 Å². The van der Waals surface area contributed by atoms with Gasteiger partial charge in [-0.2, -0.15) is 0 Å². The molecule has 0 aromatic heterocycles. The average molecular weight is 418 g/mol. The third-order valence-electron chi connectivity index (χ3n) is 4.54. The van der Waals surface area contributed by atoms with E-state index < -0.39 is 0 Å². The average Bonchev–Trinajstić information content (AvgIpc) is 2.73. The SMILES string of the molecule is COc1ccc(CNC(=O)C(C)SCCCOc2cc(C)ccc2C)cc1OC. The normalized spacial score (nSPS) is 11.6. The Labute approximate surface area is 178 Å². The van der Waals surface area contributed by atoms with Gasteiger partial charge in [0.15, 0.2) is 11.5 Å². The molecule has 0 spiro atoms. The summed E-state index contributed by atoms with van der Waals surface area (Å²) in [5, 5.41) is 2.87. The van der Waals surface area contributed by atoms with Crippen LogP contribution in [0.2, 0.25) is 0 Å². The summed E-state index contributed by atoms with van der Waals surface area (Å²) in [5.41, 5.74) is 3.31. The molecule has 0 saturated carbocycles. The van der Waals surface area contributed by atoms with E-state index in [1.165, 1.54) is 5.56 Å². The van der Waals surface area contributed by atoms with E-state index in [9.17, 15) is 4.79 Å². The highest BCUT2D eigenvalue weighted by Crippen LogP contribution is 2.27. The topological polar surface area (TPSA) is 56.8 Å². The van der Waals surface area contributed by atoms with Crippen LogP contribution in [0.25, 0.3) is 0 Å². The van der Waals surface area contributed by atoms with Crippen molar-refractivity contribution in [1.82, 2.24) is 5.32 Å². The first-order valence-corrected chi connectivity index (χ1v) is 10.8. The summed E-state index contributed by atoms with van der Waals surface area (Å²) in [5.74, 6) is 3.17. The number of thioether (sulfide) groups is 1. The van der Waals surface area contributed by atoms with Crippen molar-refractivity contribution in [1.29, 1.82) is 0 Å². The van der Waals surface area contributed by atoms with Crippen molar-refractivity contribution < 1.29 is 19.0 Å². The Hall–Kier alpha value is -2.34. The van der Waals surface area contributed by atoms with Crippen LogP contribution in [0.1, 0.15) is 30.0 Å². The minimum Gasteiger partial charge on any atom is -0.493 e. The molecule has 29 heavy (non-hydrogen) atoms. The van der Waals surface area contributed by atoms with Crippen molar-refractivity contribution in [2.24, 2.45) is 0 Å². The van der Waals surface area contributed by atoms with Gasteiger partial charge < -0.3 is 19.5 Å². The summed E-state index contributed by atoms with van der Waals surface area (Å²) in [6.45, 7) is 7.15. The van der Waals surface area contributed by atoms with E-state index in [0.29, 0.717) is 24.7 Å². The van der Waals surface area contributed by atoms with E-state index in [1.807, 2.05) is 32.0 Å². The summed E-state index contributed by atoms with van der Waals surface area (Å²) in [7, 11) is 3.20. The number of amides is 1. The minimum absolute atomic E-state index is 0.0280. The lowest BCUT2D eigenvalue weighted by Gasteiger charge is -2.14. The number of nitrogens with one attached hydrogen (secondary N) is 1. The second-order valence-corrected chi connectivity index (χ2v) is 8.34. The van der Waals surface area contributed by atoms with Gasteiger partial charge in [0.2, 0.25) is 5.91 Å². The lowest BCUT2D eigenvalue weighted by atomic mass is 10.1. The standard InChI is InChI=1S/C23H31NO4S/c1-16-7-8-17(2)21(13-16)28-11-6-12-29-18(3)23(25)24-15-19-9-10-20(26-4)22(14-19)27-5/h7-10,13-14,18H,6,11-12,15H2,1-5H3,(H,24,25). The molecular formula is C23H31NO4S. The van der Waals surface area contributed by atoms with Crippen molar-refractivity contribution in [2.45, 2.75) is 39.0 Å². The third-order valence-corrected chi connectivity index (χ3v) is 5.78. The molecular weight excluding hydrogens is 386 g/mol. The predicted molar refractivity (Wildman–Crippen MR) is 119 cm³/mol. The first kappa shape index (κ1) is 22.9. The maximum absolute atomic E-state index is 12.3. The number of aryl methyl sites for hydroxylation is 2. The second kappa shape index (κ2) is 11.6. The van der Waals surface area contributed by atoms with Gasteiger partial charge in [0, 0.05) is 6.54 Å². The Morgan fingerprint density at radius 3 is 2.52 bits per heavy atom. The Balaban J connectivity index is 1.69. The number of benzene rings is 2. The molecule has 0 fully saturated rings. The highest BCUT2D eigenvalue weighted by molar-refractivity contribution is 8.00. The summed E-state index contributed by atoms with van der Waals surface area (Å²) >= 11 is 1.64. The molecule has 0 aliphatic carbocycles. The van der Waals surface area contributed by atoms with Crippen LogP contribution in [0.4, 0.5) is 0 Å². The first-order valence-electron chi connectivity index (χ1n) is 9.75. The second-order valence-electron chi connectivity index (χ2n) is 6.89. The number of carbonyl (C=O) groups is 1. The number of methoxy groups -OCH3 is 2. The molecule has 1 unspecified atom stereocenters. The smallest absolute Gasteiger partial charge is 0.233 e. The molecule has 0 radical (unpaired) electrons. The predicted octanol–water partition coefficient (Wildman–Crippen LogP) is 4.53. The summed E-state index contributed by atoms with van der Waals surface area (Å²) in [6, 6.07) is 11.9. The van der Waals surface area contributed by atoms with Gasteiger partial charge in [0.05, 0.1) is 26.1 Å². The van der Waals surface area contributed by atoms with Crippen LogP contribution in [0.3, 0.4) is 0 Å². The lowest BCUT2D eigenvalue weighted by Crippen LogP contribution is -2.30. The van der Waals surface area contributed by atoms with E-state index in [0.717, 1.165) is 29.1 Å². The minimum atomic E-state index is -0.115. The maximum Gasteiger partial charge on any atom is 0.233 e. The molecule has 0 saturated heterocycles. The molecule has 158 valence electrons. The van der Waals surface area contributed by atoms with E-state index >= 15 is 0 Å². The van der Waals surface area contributed by atoms with Gasteiger partial charge in [-0.1, -0.05) is 18.2 Å². The van der Waals surface area contributed by atoms with Gasteiger partial charge in [-0.25, -0.2) is 0 Å². The Morgan fingerprint density at radius 1 is 1.03 bits per heavy atom. The highest BCUT2D eigenvalue weighted by atomic mass is 32.2. The van der Waals surface area contributed by atoms with Gasteiger partial charge in [0.25, 0.3) is 0 Å². The Morgan fingerprint density at radius 2 is 1.79 bits per heavy atom. The van der Waals surface area contributed by atoms with E-state index in [2.05, 4.69) is 30.4 Å². The van der Waals surface area contributed by atoms with Crippen molar-refractivity contribution in [2.75, 3.05) is 26.6 Å². The van der Waals surface area contributed by atoms with Crippen LogP contribution >= 0.6 is 11.8 Å². The summed E-state index contributed by atoms with van der Waals surface area (Å²) < 4.78 is 16.4. The van der Waals surface area contributed by atoms with E-state index in [1.54, 1.807) is 26.0 Å². The van der Waals surface area contributed by atoms with Gasteiger partial charge in [-0.15, -0.1) is 11.8 Å². The number of carbonyl (C=O) groups excluding carboxylic acids is 1. The fourth-order valence-corrected chi connectivity index (χ4v) is 3.64. The molecule has 2 aromatic carbocycles. The zero-order valence-electron chi connectivity index (χ0n) is 17.9. The van der Waals surface area contributed by atoms with Crippen molar-refractivity contribution in [3.05, 3.63) is 53.1 Å². The van der Waals surface area contributed by atoms with Crippen LogP contribution < -0.4 is 19.5 Å². The largest absolute Gasteiger partial charge is 0.493 e. The van der Waals surface area contributed by atoms with E-state index in [4.69, 9.17) is 14.2 Å². The fraction of sp³-hybridized carbons (Fsp3) is 0.435. The molecule has 2 aromatic rings. The molecule has 5 nitrogen and oxygen atoms in total. The quantitative estimate of drug-likeness (QED) is 0.545. The van der Waals surface area contributed by atoms with Gasteiger partial charge in [-0.3, -0.25) is 4.79 Å². The fourth-order valence-electron chi connectivity index (χ4n) is 2.76. The molecule has 6 heteroatoms. The molecule has 1 atom stereocenters. The molecule has 0 aliphatic heterocycles. The van der Waals surface area contributed by atoms with Gasteiger partial charge in [-0.05, 0) is 67.8 Å². The number of hydrogen-bond donors (Lipinski definition) is 1. The van der Waals surface area contributed by atoms with Crippen molar-refractivity contribution in [3.8, 4) is 17.2 Å². The Kier molecular flexibility index (Phi) is 9.19. The van der Waals surface area contributed by atoms with Crippen molar-refractivity contribution in [3.63, 3.8) is 0 Å². The first-order chi connectivity index (χ1) is 13.9. The zero-order chi connectivity index (χ0) is 21.2. The lowest BCUT2D eigenvalue weighted by molar-refractivity contribution is -0.120. The monoisotopic (exact) mass is 417 g/mol. The maximum atomic E-state index is 12.3. The number of hydrogen-bond acceptors (Lipinski definition) is 5. The zero-order valence-corrected chi connectivity index (χ0v) is 18.7. The van der Waals surface area contributed by atoms with E-state index in [-0.39, 0.29) is 11.2 Å². The van der Waals surface area contributed by atoms with Crippen LogP contribution in [-0.2, 0) is 11.3 Å². The van der Waals surface area contributed by atoms with Crippen LogP contribution in [-0.4, -0.2) is 37.7 Å². The third kappa shape index (κ3) is 7.20. The molecule has 1 amide bonds. The van der Waals surface area contributed by atoms with Crippen LogP contribution in [0, 0.1) is 13.8 Å². The number of rotatable bonds is 11. The molecule has 1 N–H and O–H groups in total. The number of ether oxygens (including phenoxy) is 3. The highest BCUT2D eigenvalue weighted by Gasteiger charge is 2.13. The Bertz CT molecular complexity index is 809. The van der Waals surface area contributed by atoms with Crippen LogP contribution in [0.15, 0.2) is 36.4 Å². The molecule has 0 bridgehead atoms. The van der Waals surface area contributed by atoms with Crippen molar-refractivity contribution >= 4 is 17.7 Å². The summed E-state index contributed by atoms with van der Waals surface area (Å²) in [4.78, 5) is 12.3. The molecule has 0 aliphatic rings. The molecule has 0 heterocycles.